The van der Waals surface area contributed by atoms with E-state index in [1.165, 1.54) is 0 Å². The predicted molar refractivity (Wildman–Crippen MR) is 38.6 cm³/mol. The number of hydrogen-bond acceptors (Lipinski definition) is 6. The summed E-state index contributed by atoms with van der Waals surface area (Å²) >= 11 is 0. The van der Waals surface area contributed by atoms with Crippen LogP contribution in [0.4, 0.5) is 0 Å². The molecule has 6 atom stereocenters. The molecule has 3 fully saturated rings. The molecule has 3 aliphatic heterocycles. The van der Waals surface area contributed by atoms with Gasteiger partial charge in [-0.25, -0.2) is 0 Å². The van der Waals surface area contributed by atoms with Crippen molar-refractivity contribution in [2.24, 2.45) is 0 Å². The van der Waals surface area contributed by atoms with Crippen molar-refractivity contribution in [2.45, 2.75) is 36.8 Å². The van der Waals surface area contributed by atoms with E-state index in [-0.39, 0.29) is 6.61 Å². The summed E-state index contributed by atoms with van der Waals surface area (Å²) in [6.45, 7) is -0.0550. The fraction of sp³-hybridized carbons (Fsp3) is 1.00. The van der Waals surface area contributed by atoms with Gasteiger partial charge in [-0.2, -0.15) is 0 Å². The van der Waals surface area contributed by atoms with Crippen LogP contribution >= 0.6 is 0 Å². The fourth-order valence-corrected chi connectivity index (χ4v) is 1.68. The number of hydrogen-bond donors (Lipinski definition) is 4. The number of rotatable bonds is 0. The average molecular weight is 192 g/mol. The molecule has 3 rings (SSSR count). The Morgan fingerprint density at radius 1 is 0.923 bits per heavy atom. The van der Waals surface area contributed by atoms with Crippen LogP contribution in [0.3, 0.4) is 0 Å². The van der Waals surface area contributed by atoms with Gasteiger partial charge in [0, 0.05) is 0 Å². The van der Waals surface area contributed by atoms with Crippen LogP contribution in [0.1, 0.15) is 0 Å². The molecule has 0 aromatic carbocycles. The monoisotopic (exact) mass is 192 g/mol. The Bertz CT molecular complexity index is 195. The van der Waals surface area contributed by atoms with Crippen LogP contribution < -0.4 is 0 Å². The highest BCUT2D eigenvalue weighted by molar-refractivity contribution is 4.95. The number of aliphatic hydroxyl groups is 4. The van der Waals surface area contributed by atoms with Crippen molar-refractivity contribution in [3.8, 4) is 0 Å². The topological polar surface area (TPSA) is 99.4 Å². The minimum Gasteiger partial charge on any atom is -0.388 e. The van der Waals surface area contributed by atoms with Gasteiger partial charge in [0.25, 0.3) is 0 Å². The molecular weight excluding hydrogens is 180 g/mol. The third-order valence-corrected chi connectivity index (χ3v) is 2.44. The molecule has 0 radical (unpaired) electrons. The number of fused-ring (bicyclic) bond motifs is 4. The van der Waals surface area contributed by atoms with Gasteiger partial charge in [-0.1, -0.05) is 0 Å². The first-order valence-corrected chi connectivity index (χ1v) is 4.10. The fourth-order valence-electron chi connectivity index (χ4n) is 1.68. The number of aliphatic hydroxyl groups excluding tert-OH is 4. The van der Waals surface area contributed by atoms with E-state index in [4.69, 9.17) is 9.47 Å². The Morgan fingerprint density at radius 2 is 1.54 bits per heavy atom. The molecule has 3 heterocycles. The van der Waals surface area contributed by atoms with Crippen molar-refractivity contribution in [1.29, 1.82) is 0 Å². The van der Waals surface area contributed by atoms with Crippen LogP contribution in [0.5, 0.6) is 0 Å². The maximum Gasteiger partial charge on any atom is 0.184 e. The van der Waals surface area contributed by atoms with Crippen molar-refractivity contribution in [3.05, 3.63) is 0 Å². The van der Waals surface area contributed by atoms with E-state index in [2.05, 4.69) is 0 Å². The van der Waals surface area contributed by atoms with Crippen LogP contribution in [0, 0.1) is 0 Å². The van der Waals surface area contributed by atoms with Crippen LogP contribution in [-0.2, 0) is 9.47 Å². The molecule has 2 bridgehead atoms. The first-order chi connectivity index (χ1) is 6.11. The van der Waals surface area contributed by atoms with Gasteiger partial charge in [0.1, 0.15) is 30.5 Å². The minimum absolute atomic E-state index is 0.0550. The van der Waals surface area contributed by atoms with Crippen LogP contribution in [0.15, 0.2) is 0 Å². The minimum atomic E-state index is -1.29. The summed E-state index contributed by atoms with van der Waals surface area (Å²) in [6, 6.07) is 0. The van der Waals surface area contributed by atoms with Crippen molar-refractivity contribution in [3.63, 3.8) is 0 Å². The van der Waals surface area contributed by atoms with Gasteiger partial charge in [-0.05, 0) is 0 Å². The molecule has 3 aliphatic rings. The first-order valence-electron chi connectivity index (χ1n) is 4.10. The van der Waals surface area contributed by atoms with Gasteiger partial charge >= 0.3 is 0 Å². The second kappa shape index (κ2) is 3.16. The zero-order valence-electron chi connectivity index (χ0n) is 6.78. The Balaban J connectivity index is 2.24. The second-order valence-electron chi connectivity index (χ2n) is 3.34. The van der Waals surface area contributed by atoms with Gasteiger partial charge in [0.2, 0.25) is 0 Å². The van der Waals surface area contributed by atoms with E-state index in [0.717, 1.165) is 0 Å². The van der Waals surface area contributed by atoms with Crippen molar-refractivity contribution in [2.75, 3.05) is 6.61 Å². The Hall–Kier alpha value is -0.240. The van der Waals surface area contributed by atoms with E-state index >= 15 is 0 Å². The van der Waals surface area contributed by atoms with Crippen molar-refractivity contribution >= 4 is 0 Å². The molecule has 3 saturated heterocycles. The highest BCUT2D eigenvalue weighted by Gasteiger charge is 2.50. The molecule has 0 aromatic rings. The highest BCUT2D eigenvalue weighted by atomic mass is 16.7. The van der Waals surface area contributed by atoms with E-state index in [1.54, 1.807) is 0 Å². The lowest BCUT2D eigenvalue weighted by atomic mass is 9.97. The van der Waals surface area contributed by atoms with Gasteiger partial charge in [-0.3, -0.25) is 0 Å². The summed E-state index contributed by atoms with van der Waals surface area (Å²) in [5.74, 6) is 0. The van der Waals surface area contributed by atoms with Crippen molar-refractivity contribution in [1.82, 2.24) is 0 Å². The predicted octanol–water partition coefficient (Wildman–Crippen LogP) is -2.81. The molecule has 0 aromatic heterocycles. The molecule has 0 spiro atoms. The zero-order chi connectivity index (χ0) is 9.59. The quantitative estimate of drug-likeness (QED) is 0.330. The Kier molecular flexibility index (Phi) is 2.26. The molecule has 6 unspecified atom stereocenters. The van der Waals surface area contributed by atoms with Crippen LogP contribution in [0.25, 0.3) is 0 Å². The molecule has 76 valence electrons. The summed E-state index contributed by atoms with van der Waals surface area (Å²) in [6.07, 6.45) is -6.71. The molecular formula is C7H12O6. The highest BCUT2D eigenvalue weighted by Crippen LogP contribution is 2.28. The zero-order valence-corrected chi connectivity index (χ0v) is 6.78. The molecule has 0 aliphatic carbocycles. The van der Waals surface area contributed by atoms with E-state index in [9.17, 15) is 20.4 Å². The summed E-state index contributed by atoms with van der Waals surface area (Å²) in [7, 11) is 0. The molecule has 13 heavy (non-hydrogen) atoms. The normalized spacial score (nSPS) is 56.3. The molecule has 0 amide bonds. The SMILES string of the molecule is OC1COC2C(O)OC1C(O)C2O. The summed E-state index contributed by atoms with van der Waals surface area (Å²) in [4.78, 5) is 0. The summed E-state index contributed by atoms with van der Waals surface area (Å²) in [5.41, 5.74) is 0. The standard InChI is InChI=1S/C7H12O6/c8-2-1-12-6-4(10)3(9)5(2)13-7(6)11/h2-11H,1H2. The Morgan fingerprint density at radius 3 is 2.23 bits per heavy atom. The molecule has 6 nitrogen and oxygen atoms in total. The van der Waals surface area contributed by atoms with E-state index < -0.39 is 36.8 Å². The van der Waals surface area contributed by atoms with Gasteiger partial charge in [0.05, 0.1) is 6.61 Å². The molecule has 6 heteroatoms. The van der Waals surface area contributed by atoms with Gasteiger partial charge in [-0.15, -0.1) is 0 Å². The summed E-state index contributed by atoms with van der Waals surface area (Å²) < 4.78 is 9.84. The Labute approximate surface area is 74.3 Å². The third-order valence-electron chi connectivity index (χ3n) is 2.44. The van der Waals surface area contributed by atoms with E-state index in [0.29, 0.717) is 0 Å². The lowest BCUT2D eigenvalue weighted by molar-refractivity contribution is -0.275. The summed E-state index contributed by atoms with van der Waals surface area (Å²) in [5, 5.41) is 37.4. The van der Waals surface area contributed by atoms with Crippen LogP contribution in [0.2, 0.25) is 0 Å². The lowest BCUT2D eigenvalue weighted by Crippen LogP contribution is -2.57. The molecule has 0 saturated carbocycles. The third kappa shape index (κ3) is 1.35. The van der Waals surface area contributed by atoms with Crippen LogP contribution in [-0.4, -0.2) is 63.8 Å². The van der Waals surface area contributed by atoms with Gasteiger partial charge < -0.3 is 29.9 Å². The lowest BCUT2D eigenvalue weighted by Gasteiger charge is -2.37. The largest absolute Gasteiger partial charge is 0.388 e. The smallest absolute Gasteiger partial charge is 0.184 e. The van der Waals surface area contributed by atoms with E-state index in [1.807, 2.05) is 0 Å². The second-order valence-corrected chi connectivity index (χ2v) is 3.34. The first kappa shape index (κ1) is 9.32. The molecule has 4 N–H and O–H groups in total. The van der Waals surface area contributed by atoms with Crippen molar-refractivity contribution < 1.29 is 29.9 Å². The van der Waals surface area contributed by atoms with Gasteiger partial charge in [0.15, 0.2) is 6.29 Å². The number of ether oxygens (including phenoxy) is 2. The maximum atomic E-state index is 9.41. The average Bonchev–Trinajstić information content (AvgIpc) is 2.28. The maximum absolute atomic E-state index is 9.41.